The number of nitrogens with one attached hydrogen (secondary N) is 2. The van der Waals surface area contributed by atoms with E-state index in [4.69, 9.17) is 9.73 Å². The average molecular weight is 484 g/mol. The van der Waals surface area contributed by atoms with Gasteiger partial charge in [-0.1, -0.05) is 13.8 Å². The topological polar surface area (TPSA) is 69.1 Å². The molecule has 1 rings (SSSR count). The molecule has 0 bridgehead atoms. The van der Waals surface area contributed by atoms with Gasteiger partial charge < -0.3 is 20.5 Å². The molecule has 0 aromatic rings. The minimum atomic E-state index is 0. The molecule has 26 heavy (non-hydrogen) atoms. The predicted octanol–water partition coefficient (Wildman–Crippen LogP) is 2.31. The quantitative estimate of drug-likeness (QED) is 0.201. The third-order valence-electron chi connectivity index (χ3n) is 4.53. The number of aliphatic hydroxyl groups excluding tert-OH is 1. The molecule has 1 aliphatic rings. The number of aliphatic imine (C=N–C) groups is 1. The second kappa shape index (κ2) is 15.9. The largest absolute Gasteiger partial charge is 0.396 e. The van der Waals surface area contributed by atoms with Crippen LogP contribution in [0.2, 0.25) is 0 Å². The molecule has 1 atom stereocenters. The molecule has 0 saturated heterocycles. The maximum absolute atomic E-state index is 9.25. The highest BCUT2D eigenvalue weighted by Crippen LogP contribution is 2.25. The molecule has 0 aliphatic heterocycles. The van der Waals surface area contributed by atoms with Crippen LogP contribution in [0.25, 0.3) is 0 Å². The van der Waals surface area contributed by atoms with Crippen molar-refractivity contribution in [2.45, 2.75) is 52.5 Å². The summed E-state index contributed by atoms with van der Waals surface area (Å²) in [4.78, 5) is 7.25. The van der Waals surface area contributed by atoms with Gasteiger partial charge in [-0.05, 0) is 44.4 Å². The molecular weight excluding hydrogens is 443 g/mol. The summed E-state index contributed by atoms with van der Waals surface area (Å²) < 4.78 is 5.22. The SMILES string of the molecule is CCNC(=NCC(CCO)CC(C)C)NCCN(CCOC)C1CC1.I. The van der Waals surface area contributed by atoms with Crippen molar-refractivity contribution in [2.24, 2.45) is 16.8 Å². The van der Waals surface area contributed by atoms with Gasteiger partial charge in [-0.25, -0.2) is 0 Å². The summed E-state index contributed by atoms with van der Waals surface area (Å²) in [6, 6.07) is 0.747. The van der Waals surface area contributed by atoms with Crippen LogP contribution in [0.1, 0.15) is 46.5 Å². The van der Waals surface area contributed by atoms with E-state index in [-0.39, 0.29) is 30.6 Å². The molecule has 1 unspecified atom stereocenters. The van der Waals surface area contributed by atoms with Crippen LogP contribution in [0.3, 0.4) is 0 Å². The minimum absolute atomic E-state index is 0. The molecule has 0 amide bonds. The molecule has 1 saturated carbocycles. The van der Waals surface area contributed by atoms with Crippen LogP contribution >= 0.6 is 24.0 Å². The van der Waals surface area contributed by atoms with Crippen molar-refractivity contribution in [2.75, 3.05) is 53.0 Å². The maximum atomic E-state index is 9.25. The van der Waals surface area contributed by atoms with Crippen LogP contribution in [0, 0.1) is 11.8 Å². The van der Waals surface area contributed by atoms with Gasteiger partial charge in [0.1, 0.15) is 0 Å². The third-order valence-corrected chi connectivity index (χ3v) is 4.53. The van der Waals surface area contributed by atoms with Crippen molar-refractivity contribution in [1.29, 1.82) is 0 Å². The van der Waals surface area contributed by atoms with Crippen LogP contribution in [-0.2, 0) is 4.74 Å². The first-order valence-corrected chi connectivity index (χ1v) is 9.96. The fourth-order valence-electron chi connectivity index (χ4n) is 3.14. The second-order valence-electron chi connectivity index (χ2n) is 7.41. The van der Waals surface area contributed by atoms with Crippen LogP contribution in [0.15, 0.2) is 4.99 Å². The first-order valence-electron chi connectivity index (χ1n) is 9.96. The first kappa shape index (κ1) is 25.9. The lowest BCUT2D eigenvalue weighted by Crippen LogP contribution is -2.43. The summed E-state index contributed by atoms with van der Waals surface area (Å²) in [5.41, 5.74) is 0. The first-order chi connectivity index (χ1) is 12.1. The van der Waals surface area contributed by atoms with Gasteiger partial charge in [-0.2, -0.15) is 0 Å². The van der Waals surface area contributed by atoms with Crippen molar-refractivity contribution in [3.63, 3.8) is 0 Å². The number of nitrogens with zero attached hydrogens (tertiary/aromatic N) is 2. The summed E-state index contributed by atoms with van der Waals surface area (Å²) in [5.74, 6) is 1.97. The number of methoxy groups -OCH3 is 1. The van der Waals surface area contributed by atoms with Gasteiger partial charge in [0.15, 0.2) is 5.96 Å². The highest BCUT2D eigenvalue weighted by Gasteiger charge is 2.28. The van der Waals surface area contributed by atoms with E-state index in [2.05, 4.69) is 36.3 Å². The van der Waals surface area contributed by atoms with Crippen LogP contribution in [-0.4, -0.2) is 75.1 Å². The Morgan fingerprint density at radius 1 is 1.27 bits per heavy atom. The number of rotatable bonds is 14. The Hall–Kier alpha value is -0.120. The van der Waals surface area contributed by atoms with Crippen LogP contribution < -0.4 is 10.6 Å². The second-order valence-corrected chi connectivity index (χ2v) is 7.41. The van der Waals surface area contributed by atoms with E-state index in [0.29, 0.717) is 11.8 Å². The molecule has 1 fully saturated rings. The number of hydrogen-bond acceptors (Lipinski definition) is 4. The van der Waals surface area contributed by atoms with Gasteiger partial charge in [-0.15, -0.1) is 24.0 Å². The average Bonchev–Trinajstić information content (AvgIpc) is 3.40. The molecule has 1 aliphatic carbocycles. The normalized spacial score (nSPS) is 15.9. The zero-order chi connectivity index (χ0) is 18.5. The van der Waals surface area contributed by atoms with E-state index in [1.165, 1.54) is 12.8 Å². The van der Waals surface area contributed by atoms with Crippen molar-refractivity contribution < 1.29 is 9.84 Å². The van der Waals surface area contributed by atoms with E-state index < -0.39 is 0 Å². The van der Waals surface area contributed by atoms with E-state index >= 15 is 0 Å². The van der Waals surface area contributed by atoms with Crippen LogP contribution in [0.4, 0.5) is 0 Å². The number of ether oxygens (including phenoxy) is 1. The van der Waals surface area contributed by atoms with E-state index in [1.54, 1.807) is 7.11 Å². The Balaban J connectivity index is 0.00000625. The highest BCUT2D eigenvalue weighted by molar-refractivity contribution is 14.0. The molecule has 0 heterocycles. The summed E-state index contributed by atoms with van der Waals surface area (Å²) in [7, 11) is 1.76. The lowest BCUT2D eigenvalue weighted by atomic mass is 9.94. The molecular formula is C19H41IN4O2. The molecule has 0 spiro atoms. The Kier molecular flexibility index (Phi) is 15.8. The monoisotopic (exact) mass is 484 g/mol. The van der Waals surface area contributed by atoms with E-state index in [0.717, 1.165) is 64.2 Å². The Bertz CT molecular complexity index is 365. The summed E-state index contributed by atoms with van der Waals surface area (Å²) in [5, 5.41) is 16.0. The standard InChI is InChI=1S/C19H40N4O2.HI/c1-5-20-19(22-15-17(8-12-24)14-16(2)3)21-9-10-23(11-13-25-4)18-6-7-18;/h16-18,24H,5-15H2,1-4H3,(H2,20,21,22);1H. The zero-order valence-electron chi connectivity index (χ0n) is 17.2. The maximum Gasteiger partial charge on any atom is 0.191 e. The van der Waals surface area contributed by atoms with Gasteiger partial charge in [0, 0.05) is 52.5 Å². The van der Waals surface area contributed by atoms with Gasteiger partial charge in [-0.3, -0.25) is 9.89 Å². The summed E-state index contributed by atoms with van der Waals surface area (Å²) in [6.45, 7) is 12.1. The molecule has 0 aromatic carbocycles. The third kappa shape index (κ3) is 12.3. The highest BCUT2D eigenvalue weighted by atomic mass is 127. The molecule has 7 heteroatoms. The van der Waals surface area contributed by atoms with E-state index in [1.807, 2.05) is 0 Å². The fourth-order valence-corrected chi connectivity index (χ4v) is 3.14. The number of hydrogen-bond donors (Lipinski definition) is 3. The van der Waals surface area contributed by atoms with E-state index in [9.17, 15) is 5.11 Å². The molecule has 0 radical (unpaired) electrons. The van der Waals surface area contributed by atoms with Crippen molar-refractivity contribution in [3.8, 4) is 0 Å². The van der Waals surface area contributed by atoms with Gasteiger partial charge in [0.05, 0.1) is 6.61 Å². The summed E-state index contributed by atoms with van der Waals surface area (Å²) in [6.07, 6.45) is 4.56. The number of halogens is 1. The van der Waals surface area contributed by atoms with Gasteiger partial charge in [0.2, 0.25) is 0 Å². The summed E-state index contributed by atoms with van der Waals surface area (Å²) >= 11 is 0. The smallest absolute Gasteiger partial charge is 0.191 e. The van der Waals surface area contributed by atoms with Crippen molar-refractivity contribution in [1.82, 2.24) is 15.5 Å². The Morgan fingerprint density at radius 2 is 2.00 bits per heavy atom. The lowest BCUT2D eigenvalue weighted by molar-refractivity contribution is 0.144. The van der Waals surface area contributed by atoms with Gasteiger partial charge >= 0.3 is 0 Å². The minimum Gasteiger partial charge on any atom is -0.396 e. The van der Waals surface area contributed by atoms with Crippen molar-refractivity contribution in [3.05, 3.63) is 0 Å². The molecule has 6 nitrogen and oxygen atoms in total. The number of aliphatic hydroxyl groups is 1. The Labute approximate surface area is 177 Å². The Morgan fingerprint density at radius 3 is 2.54 bits per heavy atom. The lowest BCUT2D eigenvalue weighted by Gasteiger charge is -2.22. The molecule has 0 aromatic heterocycles. The van der Waals surface area contributed by atoms with Gasteiger partial charge in [0.25, 0.3) is 0 Å². The van der Waals surface area contributed by atoms with Crippen LogP contribution in [0.5, 0.6) is 0 Å². The molecule has 3 N–H and O–H groups in total. The van der Waals surface area contributed by atoms with Crippen molar-refractivity contribution >= 4 is 29.9 Å². The zero-order valence-corrected chi connectivity index (χ0v) is 19.5. The predicted molar refractivity (Wildman–Crippen MR) is 121 cm³/mol. The fraction of sp³-hybridized carbons (Fsp3) is 0.947. The number of guanidine groups is 1. The molecule has 156 valence electrons.